The van der Waals surface area contributed by atoms with E-state index in [1.807, 2.05) is 12.1 Å². The molecule has 1 aliphatic heterocycles. The smallest absolute Gasteiger partial charge is 0.350 e. The molecule has 1 heterocycles. The van der Waals surface area contributed by atoms with Gasteiger partial charge >= 0.3 is 6.18 Å². The minimum Gasteiger partial charge on any atom is -0.350 e. The summed E-state index contributed by atoms with van der Waals surface area (Å²) in [6.45, 7) is 6.14. The standard InChI is InChI=1S/C23H25F3N2O/c1-16(2)11-12-28-15-19-6-4-3-5-18(19)13-21(28)14-27-22(29)17-7-9-20(10-8-17)23(24,25)26/h3-11,21H,12-15H2,1-2H3,(H,27,29). The number of carbonyl (C=O) groups is 1. The predicted molar refractivity (Wildman–Crippen MR) is 108 cm³/mol. The zero-order valence-corrected chi connectivity index (χ0v) is 16.6. The molecule has 0 bridgehead atoms. The van der Waals surface area contributed by atoms with Crippen molar-refractivity contribution < 1.29 is 18.0 Å². The van der Waals surface area contributed by atoms with Gasteiger partial charge in [-0.2, -0.15) is 13.2 Å². The van der Waals surface area contributed by atoms with E-state index in [1.165, 1.54) is 28.8 Å². The van der Waals surface area contributed by atoms with Crippen LogP contribution in [-0.2, 0) is 19.1 Å². The number of halogens is 3. The first-order chi connectivity index (χ1) is 13.7. The molecule has 3 nitrogen and oxygen atoms in total. The molecule has 0 spiro atoms. The lowest BCUT2D eigenvalue weighted by atomic mass is 9.93. The predicted octanol–water partition coefficient (Wildman–Crippen LogP) is 4.83. The van der Waals surface area contributed by atoms with Gasteiger partial charge in [0.2, 0.25) is 0 Å². The Morgan fingerprint density at radius 1 is 1.10 bits per heavy atom. The highest BCUT2D eigenvalue weighted by Crippen LogP contribution is 2.29. The molecule has 2 aromatic rings. The minimum atomic E-state index is -4.41. The quantitative estimate of drug-likeness (QED) is 0.727. The Morgan fingerprint density at radius 2 is 1.76 bits per heavy atom. The lowest BCUT2D eigenvalue weighted by Gasteiger charge is -2.36. The zero-order chi connectivity index (χ0) is 21.0. The molecule has 1 atom stereocenters. The molecule has 0 saturated heterocycles. The third kappa shape index (κ3) is 5.48. The van der Waals surface area contributed by atoms with Crippen LogP contribution in [0.2, 0.25) is 0 Å². The Morgan fingerprint density at radius 3 is 2.38 bits per heavy atom. The summed E-state index contributed by atoms with van der Waals surface area (Å²) in [4.78, 5) is 14.8. The van der Waals surface area contributed by atoms with Gasteiger partial charge in [-0.05, 0) is 55.7 Å². The Labute approximate surface area is 169 Å². The van der Waals surface area contributed by atoms with Crippen LogP contribution < -0.4 is 5.32 Å². The number of allylic oxidation sites excluding steroid dienone is 1. The maximum atomic E-state index is 12.7. The molecule has 1 amide bonds. The molecule has 0 aliphatic carbocycles. The van der Waals surface area contributed by atoms with Gasteiger partial charge in [0.1, 0.15) is 0 Å². The number of carbonyl (C=O) groups excluding carboxylic acids is 1. The van der Waals surface area contributed by atoms with Crippen LogP contribution in [0, 0.1) is 0 Å². The number of benzene rings is 2. The number of fused-ring (bicyclic) bond motifs is 1. The SMILES string of the molecule is CC(C)=CCN1Cc2ccccc2CC1CNC(=O)c1ccc(C(F)(F)F)cc1. The first-order valence-electron chi connectivity index (χ1n) is 9.63. The third-order valence-corrected chi connectivity index (χ3v) is 5.17. The van der Waals surface area contributed by atoms with Crippen molar-refractivity contribution in [2.75, 3.05) is 13.1 Å². The van der Waals surface area contributed by atoms with Crippen molar-refractivity contribution in [2.24, 2.45) is 0 Å². The van der Waals surface area contributed by atoms with Crippen molar-refractivity contribution in [2.45, 2.75) is 39.0 Å². The van der Waals surface area contributed by atoms with E-state index in [1.54, 1.807) is 0 Å². The van der Waals surface area contributed by atoms with Gasteiger partial charge in [0.05, 0.1) is 5.56 Å². The van der Waals surface area contributed by atoms with Crippen molar-refractivity contribution >= 4 is 5.91 Å². The van der Waals surface area contributed by atoms with Crippen LogP contribution in [0.1, 0.15) is 40.9 Å². The Bertz CT molecular complexity index is 884. The van der Waals surface area contributed by atoms with E-state index in [0.29, 0.717) is 6.54 Å². The van der Waals surface area contributed by atoms with E-state index in [9.17, 15) is 18.0 Å². The molecule has 2 aromatic carbocycles. The summed E-state index contributed by atoms with van der Waals surface area (Å²) in [5.74, 6) is -0.361. The van der Waals surface area contributed by atoms with Crippen molar-refractivity contribution in [1.29, 1.82) is 0 Å². The van der Waals surface area contributed by atoms with Crippen LogP contribution in [0.3, 0.4) is 0 Å². The fraction of sp³-hybridized carbons (Fsp3) is 0.348. The first-order valence-corrected chi connectivity index (χ1v) is 9.63. The molecule has 0 aromatic heterocycles. The summed E-state index contributed by atoms with van der Waals surface area (Å²) in [6, 6.07) is 12.7. The molecule has 0 saturated carbocycles. The van der Waals surface area contributed by atoms with Gasteiger partial charge in [-0.15, -0.1) is 0 Å². The van der Waals surface area contributed by atoms with Crippen molar-refractivity contribution in [3.8, 4) is 0 Å². The number of rotatable bonds is 5. The van der Waals surface area contributed by atoms with Gasteiger partial charge < -0.3 is 5.32 Å². The molecule has 6 heteroatoms. The average molecular weight is 402 g/mol. The van der Waals surface area contributed by atoms with Crippen molar-refractivity contribution in [1.82, 2.24) is 10.2 Å². The first kappa shape index (κ1) is 21.1. The summed E-state index contributed by atoms with van der Waals surface area (Å²) >= 11 is 0. The fourth-order valence-corrected chi connectivity index (χ4v) is 3.48. The number of nitrogens with one attached hydrogen (secondary N) is 1. The molecule has 1 unspecified atom stereocenters. The lowest BCUT2D eigenvalue weighted by Crippen LogP contribution is -2.47. The highest BCUT2D eigenvalue weighted by Gasteiger charge is 2.30. The highest BCUT2D eigenvalue weighted by molar-refractivity contribution is 5.94. The van der Waals surface area contributed by atoms with E-state index in [0.717, 1.165) is 31.6 Å². The maximum absolute atomic E-state index is 12.7. The van der Waals surface area contributed by atoms with Crippen LogP contribution in [-0.4, -0.2) is 29.9 Å². The van der Waals surface area contributed by atoms with Crippen LogP contribution in [0.15, 0.2) is 60.2 Å². The van der Waals surface area contributed by atoms with E-state index in [-0.39, 0.29) is 17.5 Å². The van der Waals surface area contributed by atoms with Gasteiger partial charge in [-0.25, -0.2) is 0 Å². The van der Waals surface area contributed by atoms with Crippen LogP contribution in [0.4, 0.5) is 13.2 Å². The highest BCUT2D eigenvalue weighted by atomic mass is 19.4. The molecule has 154 valence electrons. The summed E-state index contributed by atoms with van der Waals surface area (Å²) in [5.41, 5.74) is 3.27. The minimum absolute atomic E-state index is 0.124. The largest absolute Gasteiger partial charge is 0.416 e. The molecule has 3 rings (SSSR count). The maximum Gasteiger partial charge on any atom is 0.416 e. The normalized spacial score (nSPS) is 16.8. The Hall–Kier alpha value is -2.60. The molecule has 29 heavy (non-hydrogen) atoms. The lowest BCUT2D eigenvalue weighted by molar-refractivity contribution is -0.137. The molecule has 0 radical (unpaired) electrons. The third-order valence-electron chi connectivity index (χ3n) is 5.17. The molecular weight excluding hydrogens is 377 g/mol. The Kier molecular flexibility index (Phi) is 6.42. The monoisotopic (exact) mass is 402 g/mol. The van der Waals surface area contributed by atoms with E-state index in [4.69, 9.17) is 0 Å². The van der Waals surface area contributed by atoms with Crippen LogP contribution in [0.25, 0.3) is 0 Å². The zero-order valence-electron chi connectivity index (χ0n) is 16.6. The van der Waals surface area contributed by atoms with Gasteiger partial charge in [-0.3, -0.25) is 9.69 Å². The van der Waals surface area contributed by atoms with Gasteiger partial charge in [0.15, 0.2) is 0 Å². The van der Waals surface area contributed by atoms with Crippen LogP contribution in [0.5, 0.6) is 0 Å². The van der Waals surface area contributed by atoms with Gasteiger partial charge in [-0.1, -0.05) is 35.9 Å². The van der Waals surface area contributed by atoms with E-state index < -0.39 is 11.7 Å². The number of hydrogen-bond acceptors (Lipinski definition) is 2. The summed E-state index contributed by atoms with van der Waals surface area (Å²) in [6.07, 6.45) is -1.42. The average Bonchev–Trinajstić information content (AvgIpc) is 2.69. The molecule has 1 N–H and O–H groups in total. The number of alkyl halides is 3. The Balaban J connectivity index is 1.68. The van der Waals surface area contributed by atoms with E-state index in [2.05, 4.69) is 42.3 Å². The van der Waals surface area contributed by atoms with Crippen LogP contribution >= 0.6 is 0 Å². The number of hydrogen-bond donors (Lipinski definition) is 1. The van der Waals surface area contributed by atoms with Crippen molar-refractivity contribution in [3.63, 3.8) is 0 Å². The second-order valence-electron chi connectivity index (χ2n) is 7.62. The summed E-state index contributed by atoms with van der Waals surface area (Å²) in [5, 5.41) is 2.89. The van der Waals surface area contributed by atoms with Gasteiger partial charge in [0.25, 0.3) is 5.91 Å². The number of nitrogens with zero attached hydrogens (tertiary/aromatic N) is 1. The summed E-state index contributed by atoms with van der Waals surface area (Å²) < 4.78 is 38.1. The molecular formula is C23H25F3N2O. The summed E-state index contributed by atoms with van der Waals surface area (Å²) in [7, 11) is 0. The van der Waals surface area contributed by atoms with Gasteiger partial charge in [0, 0.05) is 31.2 Å². The second kappa shape index (κ2) is 8.82. The molecule has 0 fully saturated rings. The van der Waals surface area contributed by atoms with Crippen molar-refractivity contribution in [3.05, 3.63) is 82.4 Å². The fourth-order valence-electron chi connectivity index (χ4n) is 3.48. The second-order valence-corrected chi connectivity index (χ2v) is 7.62. The molecule has 1 aliphatic rings. The number of amides is 1. The topological polar surface area (TPSA) is 32.3 Å². The van der Waals surface area contributed by atoms with E-state index >= 15 is 0 Å².